The number of pyridine rings is 1. The zero-order valence-electron chi connectivity index (χ0n) is 9.64. The molecule has 2 heterocycles. The lowest BCUT2D eigenvalue weighted by Gasteiger charge is -2.09. The van der Waals surface area contributed by atoms with Crippen molar-refractivity contribution in [1.82, 2.24) is 14.8 Å². The van der Waals surface area contributed by atoms with Crippen molar-refractivity contribution in [3.05, 3.63) is 41.3 Å². The van der Waals surface area contributed by atoms with Crippen molar-refractivity contribution in [2.75, 3.05) is 0 Å². The quantitative estimate of drug-likeness (QED) is 0.909. The number of carbonyl (C=O) groups is 1. The fraction of sp³-hybridized carbons (Fsp3) is 0.182. The number of aromatic nitrogens is 3. The number of carboxylic acid groups (broad SMARTS) is 1. The molecule has 0 spiro atoms. The second-order valence-corrected chi connectivity index (χ2v) is 3.84. The van der Waals surface area contributed by atoms with Crippen LogP contribution in [0.5, 0.6) is 0 Å². The van der Waals surface area contributed by atoms with Gasteiger partial charge >= 0.3 is 12.1 Å². The van der Waals surface area contributed by atoms with Crippen LogP contribution in [0.15, 0.2) is 24.7 Å². The standard InChI is InChI=1S/C11H8F3N3O2/c1-6-2-8(11(12,13)14)4-15-9(6)17-5-7(3-16-17)10(18)19/h2-5H,1H3,(H,18,19). The van der Waals surface area contributed by atoms with E-state index in [9.17, 15) is 18.0 Å². The van der Waals surface area contributed by atoms with Crippen LogP contribution in [0.4, 0.5) is 13.2 Å². The summed E-state index contributed by atoms with van der Waals surface area (Å²) in [5, 5.41) is 12.5. The van der Waals surface area contributed by atoms with Gasteiger partial charge < -0.3 is 5.11 Å². The molecule has 19 heavy (non-hydrogen) atoms. The molecule has 0 atom stereocenters. The highest BCUT2D eigenvalue weighted by Gasteiger charge is 2.31. The molecule has 100 valence electrons. The van der Waals surface area contributed by atoms with Crippen LogP contribution in [-0.2, 0) is 6.18 Å². The van der Waals surface area contributed by atoms with Gasteiger partial charge in [0.1, 0.15) is 0 Å². The molecule has 0 saturated carbocycles. The minimum absolute atomic E-state index is 0.0684. The van der Waals surface area contributed by atoms with Gasteiger partial charge in [-0.1, -0.05) is 0 Å². The lowest BCUT2D eigenvalue weighted by atomic mass is 10.2. The molecule has 5 nitrogen and oxygen atoms in total. The highest BCUT2D eigenvalue weighted by Crippen LogP contribution is 2.30. The summed E-state index contributed by atoms with van der Waals surface area (Å²) in [7, 11) is 0. The number of carboxylic acids is 1. The van der Waals surface area contributed by atoms with Crippen LogP contribution >= 0.6 is 0 Å². The monoisotopic (exact) mass is 271 g/mol. The van der Waals surface area contributed by atoms with E-state index >= 15 is 0 Å². The first-order chi connectivity index (χ1) is 8.79. The summed E-state index contributed by atoms with van der Waals surface area (Å²) < 4.78 is 38.5. The Bertz CT molecular complexity index is 634. The Hall–Kier alpha value is -2.38. The van der Waals surface area contributed by atoms with Gasteiger partial charge in [-0.15, -0.1) is 0 Å². The zero-order valence-corrected chi connectivity index (χ0v) is 9.64. The van der Waals surface area contributed by atoms with E-state index in [1.54, 1.807) is 0 Å². The molecule has 0 radical (unpaired) electrons. The van der Waals surface area contributed by atoms with Crippen molar-refractivity contribution in [3.8, 4) is 5.82 Å². The third kappa shape index (κ3) is 2.56. The van der Waals surface area contributed by atoms with Crippen molar-refractivity contribution in [2.24, 2.45) is 0 Å². The summed E-state index contributed by atoms with van der Waals surface area (Å²) in [6, 6.07) is 0.935. The molecule has 8 heteroatoms. The minimum atomic E-state index is -4.47. The summed E-state index contributed by atoms with van der Waals surface area (Å²) in [4.78, 5) is 14.4. The summed E-state index contributed by atoms with van der Waals surface area (Å²) in [6.45, 7) is 1.44. The van der Waals surface area contributed by atoms with Gasteiger partial charge in [0.25, 0.3) is 0 Å². The molecule has 0 aliphatic rings. The first-order valence-corrected chi connectivity index (χ1v) is 5.11. The zero-order chi connectivity index (χ0) is 14.2. The fourth-order valence-corrected chi connectivity index (χ4v) is 1.51. The van der Waals surface area contributed by atoms with E-state index in [-0.39, 0.29) is 16.9 Å². The van der Waals surface area contributed by atoms with Gasteiger partial charge in [-0.05, 0) is 18.6 Å². The predicted molar refractivity (Wildman–Crippen MR) is 58.1 cm³/mol. The number of rotatable bonds is 2. The lowest BCUT2D eigenvalue weighted by Crippen LogP contribution is -2.09. The molecular weight excluding hydrogens is 263 g/mol. The van der Waals surface area contributed by atoms with E-state index in [0.717, 1.165) is 16.9 Å². The summed E-state index contributed by atoms with van der Waals surface area (Å²) in [5.74, 6) is -1.02. The third-order valence-electron chi connectivity index (χ3n) is 2.42. The molecule has 0 aliphatic heterocycles. The molecule has 0 saturated heterocycles. The van der Waals surface area contributed by atoms with Gasteiger partial charge in [0.05, 0.1) is 17.3 Å². The van der Waals surface area contributed by atoms with Crippen molar-refractivity contribution in [3.63, 3.8) is 0 Å². The van der Waals surface area contributed by atoms with Crippen LogP contribution in [0.2, 0.25) is 0 Å². The number of halogens is 3. The molecule has 2 rings (SSSR count). The second-order valence-electron chi connectivity index (χ2n) is 3.84. The van der Waals surface area contributed by atoms with Crippen molar-refractivity contribution in [2.45, 2.75) is 13.1 Å². The van der Waals surface area contributed by atoms with E-state index in [1.165, 1.54) is 13.1 Å². The molecule has 2 aromatic heterocycles. The maximum Gasteiger partial charge on any atom is 0.417 e. The maximum absolute atomic E-state index is 12.5. The van der Waals surface area contributed by atoms with Crippen molar-refractivity contribution < 1.29 is 23.1 Å². The van der Waals surface area contributed by atoms with E-state index < -0.39 is 17.7 Å². The molecule has 0 aliphatic carbocycles. The highest BCUT2D eigenvalue weighted by atomic mass is 19.4. The third-order valence-corrected chi connectivity index (χ3v) is 2.42. The Labute approximate surface area is 105 Å². The number of aryl methyl sites for hydroxylation is 1. The molecule has 2 aromatic rings. The number of alkyl halides is 3. The van der Waals surface area contributed by atoms with Gasteiger partial charge in [0, 0.05) is 12.4 Å². The number of hydrogen-bond donors (Lipinski definition) is 1. The smallest absolute Gasteiger partial charge is 0.417 e. The summed E-state index contributed by atoms with van der Waals surface area (Å²) in [6.07, 6.45) is -1.50. The van der Waals surface area contributed by atoms with Crippen LogP contribution in [0.25, 0.3) is 5.82 Å². The Morgan fingerprint density at radius 2 is 2.05 bits per heavy atom. The van der Waals surface area contributed by atoms with E-state index in [2.05, 4.69) is 10.1 Å². The summed E-state index contributed by atoms with van der Waals surface area (Å²) >= 11 is 0. The SMILES string of the molecule is Cc1cc(C(F)(F)F)cnc1-n1cc(C(=O)O)cn1. The van der Waals surface area contributed by atoms with Crippen molar-refractivity contribution >= 4 is 5.97 Å². The molecule has 1 N–H and O–H groups in total. The molecule has 0 amide bonds. The Morgan fingerprint density at radius 1 is 1.37 bits per heavy atom. The average molecular weight is 271 g/mol. The van der Waals surface area contributed by atoms with Gasteiger partial charge in [0.15, 0.2) is 5.82 Å². The normalized spacial score (nSPS) is 11.6. The van der Waals surface area contributed by atoms with Gasteiger partial charge in [0.2, 0.25) is 0 Å². The highest BCUT2D eigenvalue weighted by molar-refractivity contribution is 5.86. The first kappa shape index (κ1) is 13.1. The number of hydrogen-bond acceptors (Lipinski definition) is 3. The van der Waals surface area contributed by atoms with Gasteiger partial charge in [-0.2, -0.15) is 18.3 Å². The van der Waals surface area contributed by atoms with Crippen LogP contribution in [0.3, 0.4) is 0 Å². The second kappa shape index (κ2) is 4.38. The predicted octanol–water partition coefficient (Wildman–Crippen LogP) is 2.29. The first-order valence-electron chi connectivity index (χ1n) is 5.11. The Morgan fingerprint density at radius 3 is 2.53 bits per heavy atom. The van der Waals surface area contributed by atoms with E-state index in [1.807, 2.05) is 0 Å². The molecule has 0 fully saturated rings. The van der Waals surface area contributed by atoms with Crippen LogP contribution in [0.1, 0.15) is 21.5 Å². The molecular formula is C11H8F3N3O2. The van der Waals surface area contributed by atoms with Crippen LogP contribution < -0.4 is 0 Å². The number of aromatic carboxylic acids is 1. The Balaban J connectivity index is 2.43. The van der Waals surface area contributed by atoms with E-state index in [4.69, 9.17) is 5.11 Å². The van der Waals surface area contributed by atoms with Crippen LogP contribution in [-0.4, -0.2) is 25.8 Å². The van der Waals surface area contributed by atoms with Gasteiger partial charge in [-0.25, -0.2) is 14.5 Å². The van der Waals surface area contributed by atoms with E-state index in [0.29, 0.717) is 6.20 Å². The van der Waals surface area contributed by atoms with Gasteiger partial charge in [-0.3, -0.25) is 0 Å². The molecule has 0 unspecified atom stereocenters. The fourth-order valence-electron chi connectivity index (χ4n) is 1.51. The summed E-state index contributed by atoms with van der Waals surface area (Å²) in [5.41, 5.74) is -0.685. The lowest BCUT2D eigenvalue weighted by molar-refractivity contribution is -0.137. The maximum atomic E-state index is 12.5. The molecule has 0 aromatic carbocycles. The van der Waals surface area contributed by atoms with Crippen molar-refractivity contribution in [1.29, 1.82) is 0 Å². The largest absolute Gasteiger partial charge is 0.478 e. The minimum Gasteiger partial charge on any atom is -0.478 e. The average Bonchev–Trinajstić information content (AvgIpc) is 2.76. The van der Waals surface area contributed by atoms with Crippen LogP contribution in [0, 0.1) is 6.92 Å². The number of nitrogens with zero attached hydrogens (tertiary/aromatic N) is 3. The Kier molecular flexibility index (Phi) is 3.01. The topological polar surface area (TPSA) is 68.0 Å². The molecule has 0 bridgehead atoms.